The third-order valence-corrected chi connectivity index (χ3v) is 3.03. The molecule has 20 heavy (non-hydrogen) atoms. The maximum atomic E-state index is 3.01. The summed E-state index contributed by atoms with van der Waals surface area (Å²) in [4.78, 5) is 1.92. The number of aryl methyl sites for hydroxylation is 1. The smallest absolute Gasteiger partial charge is 0.169 e. The Labute approximate surface area is 121 Å². The van der Waals surface area contributed by atoms with Crippen LogP contribution in [0, 0.1) is 12.0 Å². The van der Waals surface area contributed by atoms with Crippen LogP contribution in [0.1, 0.15) is 18.1 Å². The van der Waals surface area contributed by atoms with Gasteiger partial charge < -0.3 is 4.90 Å². The van der Waals surface area contributed by atoms with E-state index in [-0.39, 0.29) is 0 Å². The molecule has 0 unspecified atom stereocenters. The van der Waals surface area contributed by atoms with Gasteiger partial charge in [-0.25, -0.2) is 4.57 Å². The molecule has 1 aromatic carbocycles. The molecule has 0 radical (unpaired) electrons. The van der Waals surface area contributed by atoms with Gasteiger partial charge in [0.2, 0.25) is 0 Å². The highest BCUT2D eigenvalue weighted by molar-refractivity contribution is 5.70. The van der Waals surface area contributed by atoms with Crippen LogP contribution in [0.25, 0.3) is 12.2 Å². The molecule has 2 rings (SSSR count). The third kappa shape index (κ3) is 3.73. The number of nitrogens with zero attached hydrogens (tertiary/aromatic N) is 2. The van der Waals surface area contributed by atoms with E-state index < -0.39 is 0 Å². The summed E-state index contributed by atoms with van der Waals surface area (Å²) in [7, 11) is 3.98. The van der Waals surface area contributed by atoms with Gasteiger partial charge in [0.25, 0.3) is 0 Å². The van der Waals surface area contributed by atoms with Crippen LogP contribution in [0.15, 0.2) is 48.8 Å². The second kappa shape index (κ2) is 6.58. The van der Waals surface area contributed by atoms with Gasteiger partial charge in [-0.05, 0) is 30.2 Å². The highest BCUT2D eigenvalue weighted by atomic mass is 15.1. The Balaban J connectivity index is 2.10. The fourth-order valence-corrected chi connectivity index (χ4v) is 1.86. The zero-order chi connectivity index (χ0) is 14.4. The molecule has 0 aliphatic heterocycles. The lowest BCUT2D eigenvalue weighted by Gasteiger charge is -2.10. The Bertz CT molecular complexity index is 641. The predicted octanol–water partition coefficient (Wildman–Crippen LogP) is 3.10. The van der Waals surface area contributed by atoms with Crippen LogP contribution in [0.5, 0.6) is 0 Å². The number of pyridine rings is 1. The highest BCUT2D eigenvalue weighted by Gasteiger charge is 1.96. The Morgan fingerprint density at radius 1 is 0.950 bits per heavy atom. The van der Waals surface area contributed by atoms with E-state index in [0.29, 0.717) is 0 Å². The maximum absolute atomic E-state index is 3.01. The van der Waals surface area contributed by atoms with E-state index >= 15 is 0 Å². The van der Waals surface area contributed by atoms with Gasteiger partial charge in [-0.1, -0.05) is 30.2 Å². The fourth-order valence-electron chi connectivity index (χ4n) is 1.86. The minimum Gasteiger partial charge on any atom is -0.305 e. The molecule has 1 aromatic heterocycles. The van der Waals surface area contributed by atoms with E-state index in [1.165, 1.54) is 11.1 Å². The molecule has 1 heterocycles. The monoisotopic (exact) mass is 263 g/mol. The predicted molar refractivity (Wildman–Crippen MR) is 84.8 cm³/mol. The maximum Gasteiger partial charge on any atom is 0.169 e. The number of anilines is 1. The summed E-state index contributed by atoms with van der Waals surface area (Å²) in [6, 6.07) is 15.5. The Morgan fingerprint density at radius 3 is 2.05 bits per heavy atom. The summed E-state index contributed by atoms with van der Waals surface area (Å²) in [6.07, 6.45) is 8.32. The molecule has 0 saturated heterocycles. The molecule has 2 heteroatoms. The average Bonchev–Trinajstić information content (AvgIpc) is 2.47. The quantitative estimate of drug-likeness (QED) is 0.469. The van der Waals surface area contributed by atoms with E-state index in [0.717, 1.165) is 5.69 Å². The van der Waals surface area contributed by atoms with Gasteiger partial charge in [-0.15, -0.1) is 0 Å². The molecule has 0 atom stereocenters. The minimum atomic E-state index is 1.10. The summed E-state index contributed by atoms with van der Waals surface area (Å²) in [6.45, 7) is 1.84. The summed E-state index contributed by atoms with van der Waals surface area (Å²) >= 11 is 0. The summed E-state index contributed by atoms with van der Waals surface area (Å²) in [5.41, 5.74) is 3.48. The molecular formula is C18H19N2+. The second-order valence-electron chi connectivity index (χ2n) is 4.64. The molecule has 0 saturated carbocycles. The van der Waals surface area contributed by atoms with E-state index in [2.05, 4.69) is 60.5 Å². The molecule has 2 nitrogen and oxygen atoms in total. The zero-order valence-corrected chi connectivity index (χ0v) is 12.2. The molecule has 0 spiro atoms. The van der Waals surface area contributed by atoms with Crippen LogP contribution in [0.2, 0.25) is 0 Å². The lowest BCUT2D eigenvalue weighted by atomic mass is 10.1. The average molecular weight is 263 g/mol. The van der Waals surface area contributed by atoms with Crippen molar-refractivity contribution in [2.45, 2.75) is 6.92 Å². The summed E-state index contributed by atoms with van der Waals surface area (Å²) < 4.78 is 2.02. The van der Waals surface area contributed by atoms with Gasteiger partial charge in [0.05, 0.1) is 0 Å². The lowest BCUT2D eigenvalue weighted by molar-refractivity contribution is -0.671. The molecule has 100 valence electrons. The summed E-state index contributed by atoms with van der Waals surface area (Å²) in [5, 5.41) is 0. The second-order valence-corrected chi connectivity index (χ2v) is 4.64. The summed E-state index contributed by atoms with van der Waals surface area (Å²) in [5.74, 6) is 2.89. The molecule has 0 aliphatic carbocycles. The van der Waals surface area contributed by atoms with Crippen LogP contribution < -0.4 is 9.47 Å². The van der Waals surface area contributed by atoms with Crippen LogP contribution in [0.3, 0.4) is 0 Å². The van der Waals surface area contributed by atoms with Crippen molar-refractivity contribution in [1.82, 2.24) is 0 Å². The van der Waals surface area contributed by atoms with E-state index in [9.17, 15) is 0 Å². The van der Waals surface area contributed by atoms with Crippen LogP contribution in [-0.2, 0) is 7.05 Å². The normalized spacial score (nSPS) is 10.2. The SMILES string of the molecule is CC#CN(C)c1ccc(/C=C/c2cc[n+](C)cc2)cc1. The number of rotatable bonds is 3. The molecule has 0 fully saturated rings. The lowest BCUT2D eigenvalue weighted by Crippen LogP contribution is -2.25. The van der Waals surface area contributed by atoms with Gasteiger partial charge in [-0.3, -0.25) is 0 Å². The van der Waals surface area contributed by atoms with Crippen molar-refractivity contribution in [3.8, 4) is 12.0 Å². The first-order valence-corrected chi connectivity index (χ1v) is 6.58. The zero-order valence-electron chi connectivity index (χ0n) is 12.2. The molecule has 2 aromatic rings. The van der Waals surface area contributed by atoms with E-state index in [1.807, 2.05) is 42.9 Å². The number of hydrogen-bond donors (Lipinski definition) is 0. The number of hydrogen-bond acceptors (Lipinski definition) is 1. The minimum absolute atomic E-state index is 1.10. The Hall–Kier alpha value is -2.53. The van der Waals surface area contributed by atoms with Crippen molar-refractivity contribution in [3.05, 3.63) is 59.9 Å². The van der Waals surface area contributed by atoms with Gasteiger partial charge in [-0.2, -0.15) is 0 Å². The molecule has 0 N–H and O–H groups in total. The van der Waals surface area contributed by atoms with Crippen LogP contribution >= 0.6 is 0 Å². The van der Waals surface area contributed by atoms with Crippen molar-refractivity contribution in [1.29, 1.82) is 0 Å². The van der Waals surface area contributed by atoms with E-state index in [4.69, 9.17) is 0 Å². The molecule has 0 aliphatic rings. The highest BCUT2D eigenvalue weighted by Crippen LogP contribution is 2.15. The fraction of sp³-hybridized carbons (Fsp3) is 0.167. The van der Waals surface area contributed by atoms with Gasteiger partial charge in [0.15, 0.2) is 12.4 Å². The first-order chi connectivity index (χ1) is 9.69. The number of aromatic nitrogens is 1. The molecule has 0 amide bonds. The first-order valence-electron chi connectivity index (χ1n) is 6.58. The standard InChI is InChI=1S/C18H19N2/c1-4-13-20(3)18-9-7-16(8-10-18)5-6-17-11-14-19(2)15-12-17/h5-12,14-15H,1-3H3/q+1. The van der Waals surface area contributed by atoms with Crippen molar-refractivity contribution in [2.24, 2.45) is 7.05 Å². The van der Waals surface area contributed by atoms with Crippen LogP contribution in [0.4, 0.5) is 5.69 Å². The van der Waals surface area contributed by atoms with E-state index in [1.54, 1.807) is 0 Å². The number of benzene rings is 1. The molecule has 0 bridgehead atoms. The van der Waals surface area contributed by atoms with Gasteiger partial charge in [0.1, 0.15) is 7.05 Å². The Morgan fingerprint density at radius 2 is 1.50 bits per heavy atom. The largest absolute Gasteiger partial charge is 0.305 e. The third-order valence-electron chi connectivity index (χ3n) is 3.03. The van der Waals surface area contributed by atoms with Crippen LogP contribution in [-0.4, -0.2) is 7.05 Å². The van der Waals surface area contributed by atoms with Crippen molar-refractivity contribution in [3.63, 3.8) is 0 Å². The first kappa shape index (κ1) is 13.9. The Kier molecular flexibility index (Phi) is 4.57. The van der Waals surface area contributed by atoms with Gasteiger partial charge in [0, 0.05) is 30.9 Å². The van der Waals surface area contributed by atoms with Gasteiger partial charge >= 0.3 is 0 Å². The van der Waals surface area contributed by atoms with Crippen molar-refractivity contribution >= 4 is 17.8 Å². The molecular weight excluding hydrogens is 244 g/mol. The van der Waals surface area contributed by atoms with Crippen molar-refractivity contribution in [2.75, 3.05) is 11.9 Å². The topological polar surface area (TPSA) is 7.12 Å². The van der Waals surface area contributed by atoms with Crippen molar-refractivity contribution < 1.29 is 4.57 Å².